The molecule has 2 unspecified atom stereocenters. The average molecular weight is 347 g/mol. The molecule has 24 heavy (non-hydrogen) atoms. The lowest BCUT2D eigenvalue weighted by Gasteiger charge is -2.51. The second kappa shape index (κ2) is 5.68. The molecule has 0 spiro atoms. The molecule has 3 heteroatoms. The van der Waals surface area contributed by atoms with Gasteiger partial charge in [0.25, 0.3) is 0 Å². The lowest BCUT2D eigenvalue weighted by Crippen LogP contribution is -2.48. The van der Waals surface area contributed by atoms with Gasteiger partial charge >= 0.3 is 0 Å². The van der Waals surface area contributed by atoms with Crippen LogP contribution in [0.15, 0.2) is 18.2 Å². The molecule has 1 aliphatic carbocycles. The van der Waals surface area contributed by atoms with E-state index in [1.54, 1.807) is 0 Å². The van der Waals surface area contributed by atoms with Crippen molar-refractivity contribution in [1.82, 2.24) is 0 Å². The Balaban J connectivity index is 1.88. The number of fused-ring (bicyclic) bond motifs is 1. The van der Waals surface area contributed by atoms with Crippen LogP contribution in [0.3, 0.4) is 0 Å². The van der Waals surface area contributed by atoms with E-state index in [-0.39, 0.29) is 22.7 Å². The van der Waals surface area contributed by atoms with E-state index < -0.39 is 8.32 Å². The highest BCUT2D eigenvalue weighted by Gasteiger charge is 2.49. The van der Waals surface area contributed by atoms with Crippen LogP contribution in [0.4, 0.5) is 0 Å². The Bertz CT molecular complexity index is 627. The minimum absolute atomic E-state index is 0.216. The van der Waals surface area contributed by atoms with Gasteiger partial charge in [-0.2, -0.15) is 0 Å². The monoisotopic (exact) mass is 346 g/mol. The Kier molecular flexibility index (Phi) is 4.30. The average Bonchev–Trinajstić information content (AvgIpc) is 2.86. The van der Waals surface area contributed by atoms with Crippen LogP contribution >= 0.6 is 0 Å². The molecule has 2 nitrogen and oxygen atoms in total. The van der Waals surface area contributed by atoms with Gasteiger partial charge in [-0.25, -0.2) is 0 Å². The van der Waals surface area contributed by atoms with Gasteiger partial charge in [0.05, 0.1) is 18.3 Å². The van der Waals surface area contributed by atoms with Crippen molar-refractivity contribution in [3.05, 3.63) is 34.9 Å². The second-order valence-corrected chi connectivity index (χ2v) is 14.6. The molecule has 0 N–H and O–H groups in total. The van der Waals surface area contributed by atoms with Gasteiger partial charge < -0.3 is 9.16 Å². The van der Waals surface area contributed by atoms with Gasteiger partial charge in [-0.05, 0) is 54.6 Å². The number of ether oxygens (including phenoxy) is 1. The largest absolute Gasteiger partial charge is 0.410 e. The number of hydrogen-bond acceptors (Lipinski definition) is 2. The maximum absolute atomic E-state index is 6.75. The zero-order valence-electron chi connectivity index (χ0n) is 16.7. The summed E-state index contributed by atoms with van der Waals surface area (Å²) in [5.41, 5.74) is 4.52. The molecule has 3 rings (SSSR count). The van der Waals surface area contributed by atoms with Crippen LogP contribution < -0.4 is 0 Å². The zero-order chi connectivity index (χ0) is 17.9. The van der Waals surface area contributed by atoms with Crippen LogP contribution in [0.2, 0.25) is 18.1 Å². The van der Waals surface area contributed by atoms with Crippen molar-refractivity contribution in [3.8, 4) is 0 Å². The van der Waals surface area contributed by atoms with E-state index in [0.717, 1.165) is 12.8 Å². The lowest BCUT2D eigenvalue weighted by molar-refractivity contribution is -0.230. The summed E-state index contributed by atoms with van der Waals surface area (Å²) in [6.45, 7) is 18.5. The summed E-state index contributed by atoms with van der Waals surface area (Å²) in [5, 5.41) is 0.252. The van der Waals surface area contributed by atoms with Crippen molar-refractivity contribution < 1.29 is 9.16 Å². The Morgan fingerprint density at radius 3 is 2.33 bits per heavy atom. The third-order valence-corrected chi connectivity index (χ3v) is 11.3. The maximum Gasteiger partial charge on any atom is 0.192 e. The third kappa shape index (κ3) is 2.79. The summed E-state index contributed by atoms with van der Waals surface area (Å²) in [6, 6.07) is 6.74. The van der Waals surface area contributed by atoms with Gasteiger partial charge in [0, 0.05) is 5.41 Å². The van der Waals surface area contributed by atoms with Crippen molar-refractivity contribution in [2.75, 3.05) is 0 Å². The quantitative estimate of drug-likeness (QED) is 0.608. The molecule has 1 aromatic carbocycles. The first kappa shape index (κ1) is 18.2. The van der Waals surface area contributed by atoms with Gasteiger partial charge in [-0.15, -0.1) is 0 Å². The summed E-state index contributed by atoms with van der Waals surface area (Å²) in [7, 11) is -1.75. The lowest BCUT2D eigenvalue weighted by atomic mass is 9.72. The van der Waals surface area contributed by atoms with Crippen molar-refractivity contribution in [2.24, 2.45) is 5.41 Å². The minimum Gasteiger partial charge on any atom is -0.410 e. The summed E-state index contributed by atoms with van der Waals surface area (Å²) in [6.07, 6.45) is 3.06. The Hall–Kier alpha value is -0.643. The minimum atomic E-state index is -1.75. The fourth-order valence-corrected chi connectivity index (χ4v) is 5.02. The van der Waals surface area contributed by atoms with Crippen molar-refractivity contribution in [1.29, 1.82) is 0 Å². The van der Waals surface area contributed by atoms with E-state index in [0.29, 0.717) is 6.10 Å². The smallest absolute Gasteiger partial charge is 0.192 e. The van der Waals surface area contributed by atoms with E-state index in [4.69, 9.17) is 9.16 Å². The standard InChI is InChI=1S/C21H34O2Si/c1-14-21(5,6)19(22-14)17-11-9-10-16-15(17)12-13-18(16)23-24(7,8)20(2,3)4/h9-11,14,18-19H,12-13H2,1-8H3/t14?,18-,19?/m0/s1. The predicted octanol–water partition coefficient (Wildman–Crippen LogP) is 6.18. The summed E-state index contributed by atoms with van der Waals surface area (Å²) in [5.74, 6) is 0. The third-order valence-electron chi connectivity index (χ3n) is 6.84. The van der Waals surface area contributed by atoms with E-state index in [2.05, 4.69) is 72.8 Å². The Morgan fingerprint density at radius 2 is 1.79 bits per heavy atom. The highest BCUT2D eigenvalue weighted by Crippen LogP contribution is 2.53. The molecule has 1 fully saturated rings. The summed E-state index contributed by atoms with van der Waals surface area (Å²) >= 11 is 0. The predicted molar refractivity (Wildman–Crippen MR) is 103 cm³/mol. The fourth-order valence-electron chi connectivity index (χ4n) is 3.71. The molecule has 0 radical (unpaired) electrons. The number of hydrogen-bond donors (Lipinski definition) is 0. The SMILES string of the molecule is CC1OC(c2cccc3c2CC[C@@H]3O[Si](C)(C)C(C)(C)C)C1(C)C. The van der Waals surface area contributed by atoms with Crippen molar-refractivity contribution >= 4 is 8.32 Å². The first-order valence-electron chi connectivity index (χ1n) is 9.40. The molecular weight excluding hydrogens is 312 g/mol. The topological polar surface area (TPSA) is 18.5 Å². The molecule has 0 aromatic heterocycles. The van der Waals surface area contributed by atoms with E-state index in [1.165, 1.54) is 16.7 Å². The van der Waals surface area contributed by atoms with E-state index in [9.17, 15) is 0 Å². The van der Waals surface area contributed by atoms with Gasteiger partial charge in [0.2, 0.25) is 0 Å². The summed E-state index contributed by atoms with van der Waals surface area (Å²) < 4.78 is 12.9. The van der Waals surface area contributed by atoms with Crippen LogP contribution in [0.1, 0.15) is 76.9 Å². The van der Waals surface area contributed by atoms with Gasteiger partial charge in [0.15, 0.2) is 8.32 Å². The summed E-state index contributed by atoms with van der Waals surface area (Å²) in [4.78, 5) is 0. The molecule has 1 heterocycles. The normalized spacial score (nSPS) is 29.2. The van der Waals surface area contributed by atoms with Crippen LogP contribution in [0, 0.1) is 5.41 Å². The highest BCUT2D eigenvalue weighted by molar-refractivity contribution is 6.74. The Labute approximate surface area is 149 Å². The van der Waals surface area contributed by atoms with Gasteiger partial charge in [0.1, 0.15) is 0 Å². The van der Waals surface area contributed by atoms with Crippen LogP contribution in [0.25, 0.3) is 0 Å². The number of benzene rings is 1. The van der Waals surface area contributed by atoms with Crippen LogP contribution in [-0.4, -0.2) is 14.4 Å². The second-order valence-electron chi connectivity index (χ2n) is 9.80. The highest BCUT2D eigenvalue weighted by atomic mass is 28.4. The zero-order valence-corrected chi connectivity index (χ0v) is 17.7. The first-order chi connectivity index (χ1) is 10.9. The molecule has 1 aliphatic heterocycles. The molecule has 0 saturated carbocycles. The van der Waals surface area contributed by atoms with Crippen LogP contribution in [0.5, 0.6) is 0 Å². The van der Waals surface area contributed by atoms with Crippen molar-refractivity contribution in [2.45, 2.75) is 90.8 Å². The van der Waals surface area contributed by atoms with Gasteiger partial charge in [-0.1, -0.05) is 52.8 Å². The van der Waals surface area contributed by atoms with E-state index >= 15 is 0 Å². The first-order valence-corrected chi connectivity index (χ1v) is 12.3. The van der Waals surface area contributed by atoms with Gasteiger partial charge in [-0.3, -0.25) is 0 Å². The molecule has 0 bridgehead atoms. The van der Waals surface area contributed by atoms with Crippen molar-refractivity contribution in [3.63, 3.8) is 0 Å². The van der Waals surface area contributed by atoms with Crippen LogP contribution in [-0.2, 0) is 15.6 Å². The Morgan fingerprint density at radius 1 is 1.17 bits per heavy atom. The molecule has 2 aliphatic rings. The molecule has 3 atom stereocenters. The fraction of sp³-hybridized carbons (Fsp3) is 0.714. The molecule has 0 amide bonds. The maximum atomic E-state index is 6.75. The molecule has 134 valence electrons. The molecule has 1 aromatic rings. The van der Waals surface area contributed by atoms with E-state index in [1.807, 2.05) is 0 Å². The number of rotatable bonds is 3. The molecular formula is C21H34O2Si. The molecule has 1 saturated heterocycles.